The second-order valence-corrected chi connectivity index (χ2v) is 7.62. The average molecular weight is 284 g/mol. The maximum Gasteiger partial charge on any atom is 0.305 e. The molecule has 3 heteroatoms. The summed E-state index contributed by atoms with van der Waals surface area (Å²) in [6.45, 7) is 13.0. The summed E-state index contributed by atoms with van der Waals surface area (Å²) < 4.78 is 11.4. The van der Waals surface area contributed by atoms with Gasteiger partial charge in [0.1, 0.15) is 6.61 Å². The Kier molecular flexibility index (Phi) is 6.06. The molecular formula is C17H32O3. The minimum absolute atomic E-state index is 0.159. The van der Waals surface area contributed by atoms with Crippen molar-refractivity contribution in [2.24, 2.45) is 11.3 Å². The van der Waals surface area contributed by atoms with E-state index in [4.69, 9.17) is 9.47 Å². The van der Waals surface area contributed by atoms with Gasteiger partial charge in [0.15, 0.2) is 0 Å². The normalized spacial score (nSPS) is 24.2. The quantitative estimate of drug-likeness (QED) is 0.681. The fourth-order valence-corrected chi connectivity index (χ4v) is 3.15. The van der Waals surface area contributed by atoms with Crippen molar-refractivity contribution >= 4 is 5.97 Å². The van der Waals surface area contributed by atoms with Gasteiger partial charge in [0, 0.05) is 6.42 Å². The highest BCUT2D eigenvalue weighted by molar-refractivity contribution is 5.68. The molecule has 0 aliphatic heterocycles. The molecule has 0 spiro atoms. The number of ether oxygens (including phenoxy) is 2. The maximum absolute atomic E-state index is 11.3. The molecule has 2 atom stereocenters. The Balaban J connectivity index is 2.47. The summed E-state index contributed by atoms with van der Waals surface area (Å²) in [5, 5.41) is 0. The van der Waals surface area contributed by atoms with Crippen LogP contribution >= 0.6 is 0 Å². The molecule has 0 unspecified atom stereocenters. The van der Waals surface area contributed by atoms with E-state index in [9.17, 15) is 4.79 Å². The van der Waals surface area contributed by atoms with Gasteiger partial charge in [0.05, 0.1) is 11.7 Å². The van der Waals surface area contributed by atoms with Crippen LogP contribution in [0.25, 0.3) is 0 Å². The Morgan fingerprint density at radius 3 is 2.60 bits per heavy atom. The first-order chi connectivity index (χ1) is 9.15. The summed E-state index contributed by atoms with van der Waals surface area (Å²) >= 11 is 0. The molecule has 0 amide bonds. The van der Waals surface area contributed by atoms with Gasteiger partial charge in [-0.2, -0.15) is 0 Å². The number of esters is 1. The second kappa shape index (κ2) is 6.93. The molecular weight excluding hydrogens is 252 g/mol. The maximum atomic E-state index is 11.3. The molecule has 1 aliphatic rings. The smallest absolute Gasteiger partial charge is 0.305 e. The van der Waals surface area contributed by atoms with Crippen molar-refractivity contribution in [3.8, 4) is 0 Å². The fourth-order valence-electron chi connectivity index (χ4n) is 3.15. The third-order valence-electron chi connectivity index (χ3n) is 4.28. The van der Waals surface area contributed by atoms with Gasteiger partial charge in [0.2, 0.25) is 0 Å². The zero-order valence-electron chi connectivity index (χ0n) is 14.1. The molecule has 118 valence electrons. The van der Waals surface area contributed by atoms with Crippen molar-refractivity contribution < 1.29 is 14.3 Å². The van der Waals surface area contributed by atoms with E-state index in [1.807, 2.05) is 20.8 Å². The molecule has 0 saturated heterocycles. The predicted octanol–water partition coefficient (Wildman–Crippen LogP) is 4.34. The Bertz CT molecular complexity index is 320. The number of hydrogen-bond donors (Lipinski definition) is 0. The highest BCUT2D eigenvalue weighted by Gasteiger charge is 2.34. The third-order valence-corrected chi connectivity index (χ3v) is 4.28. The Morgan fingerprint density at radius 1 is 1.40 bits per heavy atom. The monoisotopic (exact) mass is 284 g/mol. The summed E-state index contributed by atoms with van der Waals surface area (Å²) in [6, 6.07) is 0. The van der Waals surface area contributed by atoms with Gasteiger partial charge >= 0.3 is 5.97 Å². The van der Waals surface area contributed by atoms with Crippen molar-refractivity contribution in [1.82, 2.24) is 0 Å². The zero-order valence-corrected chi connectivity index (χ0v) is 14.1. The van der Waals surface area contributed by atoms with Gasteiger partial charge in [-0.15, -0.1) is 0 Å². The number of rotatable bonds is 6. The van der Waals surface area contributed by atoms with Crippen molar-refractivity contribution in [3.63, 3.8) is 0 Å². The summed E-state index contributed by atoms with van der Waals surface area (Å²) in [6.07, 6.45) is 5.70. The van der Waals surface area contributed by atoms with Crippen LogP contribution in [0.1, 0.15) is 73.6 Å². The molecule has 1 fully saturated rings. The predicted molar refractivity (Wildman–Crippen MR) is 81.6 cm³/mol. The summed E-state index contributed by atoms with van der Waals surface area (Å²) in [7, 11) is 0. The van der Waals surface area contributed by atoms with Crippen LogP contribution in [0.4, 0.5) is 0 Å². The lowest BCUT2D eigenvalue weighted by Gasteiger charge is -2.40. The van der Waals surface area contributed by atoms with Crippen LogP contribution in [-0.4, -0.2) is 24.3 Å². The highest BCUT2D eigenvalue weighted by Crippen LogP contribution is 2.41. The first kappa shape index (κ1) is 17.5. The molecule has 0 aromatic rings. The molecule has 1 rings (SSSR count). The van der Waals surface area contributed by atoms with Gasteiger partial charge in [-0.3, -0.25) is 4.79 Å². The Hall–Kier alpha value is -0.570. The first-order valence-electron chi connectivity index (χ1n) is 7.99. The van der Waals surface area contributed by atoms with Crippen LogP contribution in [0.2, 0.25) is 0 Å². The molecule has 0 heterocycles. The van der Waals surface area contributed by atoms with Gasteiger partial charge in [-0.25, -0.2) is 0 Å². The first-order valence-corrected chi connectivity index (χ1v) is 7.99. The van der Waals surface area contributed by atoms with E-state index in [1.54, 1.807) is 0 Å². The molecule has 0 radical (unpaired) electrons. The topological polar surface area (TPSA) is 35.5 Å². The van der Waals surface area contributed by atoms with E-state index in [-0.39, 0.29) is 12.1 Å². The van der Waals surface area contributed by atoms with Crippen molar-refractivity contribution in [2.75, 3.05) is 6.61 Å². The molecule has 20 heavy (non-hydrogen) atoms. The van der Waals surface area contributed by atoms with E-state index >= 15 is 0 Å². The van der Waals surface area contributed by atoms with Gasteiger partial charge < -0.3 is 9.47 Å². The second-order valence-electron chi connectivity index (χ2n) is 7.62. The number of carbonyl (C=O) groups is 1. The Morgan fingerprint density at radius 2 is 2.05 bits per heavy atom. The Labute approximate surface area is 124 Å². The minimum Gasteiger partial charge on any atom is -0.463 e. The summed E-state index contributed by atoms with van der Waals surface area (Å²) in [4.78, 5) is 11.3. The van der Waals surface area contributed by atoms with Crippen LogP contribution in [0.15, 0.2) is 0 Å². The molecule has 0 aromatic carbocycles. The molecule has 3 nitrogen and oxygen atoms in total. The highest BCUT2D eigenvalue weighted by atomic mass is 16.6. The average Bonchev–Trinajstić information content (AvgIpc) is 2.34. The SMILES string of the molecule is CCC(=O)OCC(C)(C)O[C@H](C)[C@H]1CCCC(C)(C)C1. The standard InChI is InChI=1S/C17H32O3/c1-7-15(18)19-12-17(5,6)20-13(2)14-9-8-10-16(3,4)11-14/h13-14H,7-12H2,1-6H3/t13-,14+/m1/s1. The van der Waals surface area contributed by atoms with Gasteiger partial charge in [-0.1, -0.05) is 27.2 Å². The molecule has 0 aromatic heterocycles. The third kappa shape index (κ3) is 5.82. The van der Waals surface area contributed by atoms with Crippen molar-refractivity contribution in [3.05, 3.63) is 0 Å². The van der Waals surface area contributed by atoms with E-state index < -0.39 is 5.60 Å². The minimum atomic E-state index is -0.411. The molecule has 0 bridgehead atoms. The largest absolute Gasteiger partial charge is 0.463 e. The van der Waals surface area contributed by atoms with Crippen LogP contribution in [0.3, 0.4) is 0 Å². The van der Waals surface area contributed by atoms with Gasteiger partial charge in [0.25, 0.3) is 0 Å². The number of hydrogen-bond acceptors (Lipinski definition) is 3. The van der Waals surface area contributed by atoms with Crippen molar-refractivity contribution in [2.45, 2.75) is 85.4 Å². The van der Waals surface area contributed by atoms with Crippen LogP contribution < -0.4 is 0 Å². The fraction of sp³-hybridized carbons (Fsp3) is 0.941. The van der Waals surface area contributed by atoms with Crippen molar-refractivity contribution in [1.29, 1.82) is 0 Å². The lowest BCUT2D eigenvalue weighted by atomic mass is 9.71. The summed E-state index contributed by atoms with van der Waals surface area (Å²) in [5.41, 5.74) is 0.0190. The molecule has 0 N–H and O–H groups in total. The summed E-state index contributed by atoms with van der Waals surface area (Å²) in [5.74, 6) is 0.452. The molecule has 1 aliphatic carbocycles. The van der Waals surface area contributed by atoms with E-state index in [0.29, 0.717) is 24.4 Å². The zero-order chi connectivity index (χ0) is 15.4. The van der Waals surface area contributed by atoms with E-state index in [1.165, 1.54) is 25.7 Å². The number of carbonyl (C=O) groups excluding carboxylic acids is 1. The van der Waals surface area contributed by atoms with Crippen LogP contribution in [0, 0.1) is 11.3 Å². The lowest BCUT2D eigenvalue weighted by Crippen LogP contribution is -2.40. The lowest BCUT2D eigenvalue weighted by molar-refractivity contribution is -0.161. The van der Waals surface area contributed by atoms with E-state index in [2.05, 4.69) is 20.8 Å². The molecule has 1 saturated carbocycles. The van der Waals surface area contributed by atoms with Gasteiger partial charge in [-0.05, 0) is 51.4 Å². The van der Waals surface area contributed by atoms with Crippen LogP contribution in [-0.2, 0) is 14.3 Å². The van der Waals surface area contributed by atoms with Crippen LogP contribution in [0.5, 0.6) is 0 Å². The van der Waals surface area contributed by atoms with E-state index in [0.717, 1.165) is 0 Å².